The van der Waals surface area contributed by atoms with Crippen molar-refractivity contribution in [2.75, 3.05) is 7.11 Å². The van der Waals surface area contributed by atoms with Gasteiger partial charge in [0.2, 0.25) is 0 Å². The Morgan fingerprint density at radius 3 is 2.29 bits per heavy atom. The quantitative estimate of drug-likeness (QED) is 0.473. The number of amidine groups is 2. The van der Waals surface area contributed by atoms with Gasteiger partial charge in [0.25, 0.3) is 0 Å². The van der Waals surface area contributed by atoms with Crippen molar-refractivity contribution in [3.05, 3.63) is 24.3 Å². The minimum Gasteiger partial charge on any atom is -0.497 e. The molecule has 0 unspecified atom stereocenters. The van der Waals surface area contributed by atoms with Gasteiger partial charge in [0.15, 0.2) is 11.7 Å². The Kier molecular flexibility index (Phi) is 3.06. The molecule has 0 aliphatic carbocycles. The van der Waals surface area contributed by atoms with Crippen LogP contribution in [0, 0.1) is 5.41 Å². The maximum atomic E-state index is 7.03. The number of nitrogens with zero attached hydrogens (tertiary/aromatic N) is 1. The molecule has 0 radical (unpaired) electrons. The van der Waals surface area contributed by atoms with Crippen molar-refractivity contribution in [1.29, 1.82) is 5.41 Å². The van der Waals surface area contributed by atoms with Crippen molar-refractivity contribution in [1.82, 2.24) is 0 Å². The summed E-state index contributed by atoms with van der Waals surface area (Å²) in [5, 5.41) is 7.03. The molecule has 74 valence electrons. The van der Waals surface area contributed by atoms with Crippen LogP contribution in [0.5, 0.6) is 5.75 Å². The largest absolute Gasteiger partial charge is 0.497 e. The number of nitrogens with one attached hydrogen (secondary N) is 1. The van der Waals surface area contributed by atoms with E-state index in [0.717, 1.165) is 5.75 Å². The van der Waals surface area contributed by atoms with E-state index in [4.69, 9.17) is 21.6 Å². The standard InChI is InChI=1S/C9H12N4O/c1-14-7-4-2-6(3-5-7)13-9(12)8(10)11/h2-5H,1H3,(H3,10,11)(H2,12,13). The zero-order valence-corrected chi connectivity index (χ0v) is 7.82. The molecule has 0 atom stereocenters. The van der Waals surface area contributed by atoms with E-state index in [1.54, 1.807) is 31.4 Å². The van der Waals surface area contributed by atoms with E-state index in [2.05, 4.69) is 4.99 Å². The normalized spacial score (nSPS) is 11.1. The molecule has 14 heavy (non-hydrogen) atoms. The number of nitrogens with two attached hydrogens (primary N) is 2. The SMILES string of the molecule is COc1ccc(N=C(N)C(=N)N)cc1. The Balaban J connectivity index is 2.88. The van der Waals surface area contributed by atoms with Crippen LogP contribution in [0.25, 0.3) is 0 Å². The summed E-state index contributed by atoms with van der Waals surface area (Å²) in [7, 11) is 1.59. The number of hydrogen-bond acceptors (Lipinski definition) is 3. The molecular formula is C9H12N4O. The van der Waals surface area contributed by atoms with Gasteiger partial charge >= 0.3 is 0 Å². The molecule has 0 heterocycles. The van der Waals surface area contributed by atoms with Crippen LogP contribution in [0.4, 0.5) is 5.69 Å². The van der Waals surface area contributed by atoms with Crippen molar-refractivity contribution in [2.45, 2.75) is 0 Å². The van der Waals surface area contributed by atoms with Crippen LogP contribution in [0.2, 0.25) is 0 Å². The first-order chi connectivity index (χ1) is 6.63. The first kappa shape index (κ1) is 10.0. The fraction of sp³-hybridized carbons (Fsp3) is 0.111. The number of ether oxygens (including phenoxy) is 1. The highest BCUT2D eigenvalue weighted by Crippen LogP contribution is 2.17. The molecule has 0 aromatic heterocycles. The Labute approximate surface area is 81.9 Å². The summed E-state index contributed by atoms with van der Waals surface area (Å²) in [6.07, 6.45) is 0. The predicted molar refractivity (Wildman–Crippen MR) is 56.2 cm³/mol. The van der Waals surface area contributed by atoms with Crippen molar-refractivity contribution < 1.29 is 4.74 Å². The zero-order valence-electron chi connectivity index (χ0n) is 7.82. The zero-order chi connectivity index (χ0) is 10.6. The van der Waals surface area contributed by atoms with Crippen LogP contribution in [-0.2, 0) is 0 Å². The molecule has 5 nitrogen and oxygen atoms in total. The van der Waals surface area contributed by atoms with E-state index in [0.29, 0.717) is 5.69 Å². The predicted octanol–water partition coefficient (Wildman–Crippen LogP) is 0.620. The third-order valence-corrected chi connectivity index (χ3v) is 1.60. The number of hydrogen-bond donors (Lipinski definition) is 3. The third-order valence-electron chi connectivity index (χ3n) is 1.60. The highest BCUT2D eigenvalue weighted by atomic mass is 16.5. The maximum Gasteiger partial charge on any atom is 0.166 e. The van der Waals surface area contributed by atoms with Gasteiger partial charge < -0.3 is 16.2 Å². The van der Waals surface area contributed by atoms with Crippen LogP contribution < -0.4 is 16.2 Å². The van der Waals surface area contributed by atoms with Crippen molar-refractivity contribution in [3.63, 3.8) is 0 Å². The summed E-state index contributed by atoms with van der Waals surface area (Å²) in [5.74, 6) is 0.515. The number of rotatable bonds is 2. The van der Waals surface area contributed by atoms with Crippen molar-refractivity contribution in [3.8, 4) is 5.75 Å². The molecule has 0 aliphatic rings. The number of aliphatic imine (C=N–C) groups is 1. The Morgan fingerprint density at radius 2 is 1.86 bits per heavy atom. The monoisotopic (exact) mass is 192 g/mol. The second kappa shape index (κ2) is 4.27. The molecule has 5 heteroatoms. The first-order valence-corrected chi connectivity index (χ1v) is 3.96. The van der Waals surface area contributed by atoms with E-state index >= 15 is 0 Å². The molecule has 0 saturated heterocycles. The van der Waals surface area contributed by atoms with Gasteiger partial charge in [0.1, 0.15) is 5.75 Å². The molecular weight excluding hydrogens is 180 g/mol. The first-order valence-electron chi connectivity index (χ1n) is 3.96. The fourth-order valence-electron chi connectivity index (χ4n) is 0.856. The summed E-state index contributed by atoms with van der Waals surface area (Å²) < 4.78 is 4.97. The van der Waals surface area contributed by atoms with Gasteiger partial charge in [0, 0.05) is 0 Å². The van der Waals surface area contributed by atoms with Crippen LogP contribution in [0.1, 0.15) is 0 Å². The second-order valence-electron chi connectivity index (χ2n) is 2.61. The minimum atomic E-state index is -0.235. The molecule has 0 spiro atoms. The Hall–Kier alpha value is -2.04. The van der Waals surface area contributed by atoms with E-state index in [1.807, 2.05) is 0 Å². The minimum absolute atomic E-state index is 0.00941. The van der Waals surface area contributed by atoms with E-state index in [9.17, 15) is 0 Å². The Bertz CT molecular complexity index is 356. The molecule has 0 aliphatic heterocycles. The molecule has 1 rings (SSSR count). The maximum absolute atomic E-state index is 7.03. The van der Waals surface area contributed by atoms with Crippen molar-refractivity contribution >= 4 is 17.4 Å². The van der Waals surface area contributed by atoms with Crippen LogP contribution in [-0.4, -0.2) is 18.8 Å². The molecule has 1 aromatic rings. The van der Waals surface area contributed by atoms with Gasteiger partial charge in [-0.3, -0.25) is 5.41 Å². The second-order valence-corrected chi connectivity index (χ2v) is 2.61. The van der Waals surface area contributed by atoms with Crippen molar-refractivity contribution in [2.24, 2.45) is 16.5 Å². The topological polar surface area (TPSA) is 97.5 Å². The molecule has 0 fully saturated rings. The van der Waals surface area contributed by atoms with Gasteiger partial charge in [-0.2, -0.15) is 0 Å². The number of benzene rings is 1. The summed E-state index contributed by atoms with van der Waals surface area (Å²) in [4.78, 5) is 3.92. The van der Waals surface area contributed by atoms with E-state index in [-0.39, 0.29) is 11.7 Å². The van der Waals surface area contributed by atoms with E-state index in [1.165, 1.54) is 0 Å². The summed E-state index contributed by atoms with van der Waals surface area (Å²) in [5.41, 5.74) is 11.2. The average molecular weight is 192 g/mol. The summed E-state index contributed by atoms with van der Waals surface area (Å²) in [6.45, 7) is 0. The highest BCUT2D eigenvalue weighted by Gasteiger charge is 1.96. The molecule has 5 N–H and O–H groups in total. The Morgan fingerprint density at radius 1 is 1.29 bits per heavy atom. The van der Waals surface area contributed by atoms with Crippen LogP contribution >= 0.6 is 0 Å². The number of methoxy groups -OCH3 is 1. The van der Waals surface area contributed by atoms with E-state index < -0.39 is 0 Å². The molecule has 0 saturated carbocycles. The average Bonchev–Trinajstić information content (AvgIpc) is 2.19. The smallest absolute Gasteiger partial charge is 0.166 e. The fourth-order valence-corrected chi connectivity index (χ4v) is 0.856. The highest BCUT2D eigenvalue weighted by molar-refractivity contribution is 6.38. The summed E-state index contributed by atoms with van der Waals surface area (Å²) >= 11 is 0. The molecule has 0 amide bonds. The molecule has 1 aromatic carbocycles. The lowest BCUT2D eigenvalue weighted by Crippen LogP contribution is -2.29. The lowest BCUT2D eigenvalue weighted by Gasteiger charge is -2.00. The van der Waals surface area contributed by atoms with Gasteiger partial charge in [-0.05, 0) is 24.3 Å². The third kappa shape index (κ3) is 2.48. The lowest BCUT2D eigenvalue weighted by molar-refractivity contribution is 0.415. The molecule has 0 bridgehead atoms. The van der Waals surface area contributed by atoms with Gasteiger partial charge in [-0.15, -0.1) is 0 Å². The van der Waals surface area contributed by atoms with Gasteiger partial charge in [-0.25, -0.2) is 4.99 Å². The van der Waals surface area contributed by atoms with Crippen LogP contribution in [0.3, 0.4) is 0 Å². The van der Waals surface area contributed by atoms with Gasteiger partial charge in [-0.1, -0.05) is 0 Å². The summed E-state index contributed by atoms with van der Waals surface area (Å²) in [6, 6.07) is 6.97. The van der Waals surface area contributed by atoms with Gasteiger partial charge in [0.05, 0.1) is 12.8 Å². The van der Waals surface area contributed by atoms with Crippen LogP contribution in [0.15, 0.2) is 29.3 Å². The lowest BCUT2D eigenvalue weighted by atomic mass is 10.3.